The molecule has 2 N–H and O–H groups in total. The van der Waals surface area contributed by atoms with Gasteiger partial charge in [-0.2, -0.15) is 0 Å². The number of aromatic nitrogens is 2. The van der Waals surface area contributed by atoms with Crippen LogP contribution in [0, 0.1) is 0 Å². The van der Waals surface area contributed by atoms with Gasteiger partial charge in [0, 0.05) is 16.1 Å². The molecule has 1 heterocycles. The van der Waals surface area contributed by atoms with Crippen molar-refractivity contribution in [1.29, 1.82) is 0 Å². The molecule has 0 unspecified atom stereocenters. The third-order valence-electron chi connectivity index (χ3n) is 5.45. The van der Waals surface area contributed by atoms with Gasteiger partial charge < -0.3 is 19.8 Å². The maximum Gasteiger partial charge on any atom is 0.259 e. The number of benzene rings is 2. The lowest BCUT2D eigenvalue weighted by Crippen LogP contribution is -2.39. The third-order valence-corrected chi connectivity index (χ3v) is 6.11. The summed E-state index contributed by atoms with van der Waals surface area (Å²) in [6.45, 7) is -0.0935. The van der Waals surface area contributed by atoms with Crippen LogP contribution in [0.4, 0.5) is 0 Å². The van der Waals surface area contributed by atoms with Crippen LogP contribution >= 0.6 is 15.9 Å². The number of rotatable bonds is 6. The van der Waals surface area contributed by atoms with E-state index in [4.69, 9.17) is 9.47 Å². The van der Waals surface area contributed by atoms with Gasteiger partial charge >= 0.3 is 0 Å². The van der Waals surface area contributed by atoms with Crippen molar-refractivity contribution in [2.75, 3.05) is 13.7 Å². The average Bonchev–Trinajstić information content (AvgIpc) is 2.78. The highest BCUT2D eigenvalue weighted by Crippen LogP contribution is 2.37. The van der Waals surface area contributed by atoms with Gasteiger partial charge in [-0.1, -0.05) is 31.4 Å². The van der Waals surface area contributed by atoms with Crippen LogP contribution in [0.15, 0.2) is 45.7 Å². The first-order valence-electron chi connectivity index (χ1n) is 10.3. The third kappa shape index (κ3) is 4.90. The molecule has 1 amide bonds. The summed E-state index contributed by atoms with van der Waals surface area (Å²) in [6.07, 6.45) is 5.58. The Morgan fingerprint density at radius 2 is 1.97 bits per heavy atom. The molecule has 3 aromatic rings. The molecule has 0 saturated heterocycles. The number of ether oxygens (including phenoxy) is 2. The van der Waals surface area contributed by atoms with Gasteiger partial charge in [0.25, 0.3) is 11.5 Å². The number of H-pyrrole nitrogens is 1. The molecule has 1 fully saturated rings. The molecule has 1 saturated carbocycles. The molecule has 1 aliphatic rings. The number of carbonyl (C=O) groups is 1. The Hall–Kier alpha value is -2.87. The molecule has 7 nitrogen and oxygen atoms in total. The number of amides is 1. The van der Waals surface area contributed by atoms with Gasteiger partial charge in [-0.25, -0.2) is 4.98 Å². The van der Waals surface area contributed by atoms with Gasteiger partial charge in [-0.3, -0.25) is 9.59 Å². The smallest absolute Gasteiger partial charge is 0.259 e. The molecule has 1 aromatic heterocycles. The van der Waals surface area contributed by atoms with E-state index in [0.717, 1.165) is 25.7 Å². The molecule has 8 heteroatoms. The van der Waals surface area contributed by atoms with Crippen LogP contribution in [0.5, 0.6) is 11.5 Å². The van der Waals surface area contributed by atoms with E-state index in [0.29, 0.717) is 38.3 Å². The maximum absolute atomic E-state index is 12.4. The first-order valence-corrected chi connectivity index (χ1v) is 11.1. The van der Waals surface area contributed by atoms with E-state index >= 15 is 0 Å². The zero-order valence-corrected chi connectivity index (χ0v) is 18.8. The number of aromatic amines is 1. The quantitative estimate of drug-likeness (QED) is 0.545. The highest BCUT2D eigenvalue weighted by Gasteiger charge is 2.18. The first-order chi connectivity index (χ1) is 15.0. The van der Waals surface area contributed by atoms with Gasteiger partial charge in [-0.15, -0.1) is 0 Å². The lowest BCUT2D eigenvalue weighted by molar-refractivity contribution is -0.124. The number of para-hydroxylation sites is 1. The number of nitrogens with zero attached hydrogens (tertiary/aromatic N) is 1. The number of carbonyl (C=O) groups excluding carboxylic acids is 1. The molecule has 1 aliphatic carbocycles. The molecule has 2 aromatic carbocycles. The van der Waals surface area contributed by atoms with Gasteiger partial charge in [0.15, 0.2) is 18.1 Å². The SMILES string of the molecule is COc1cc(-c2nc3ccccc3c(=O)[nH]2)c(Br)cc1OCC(=O)NC1CCCCC1. The highest BCUT2D eigenvalue weighted by molar-refractivity contribution is 9.10. The van der Waals surface area contributed by atoms with Crippen molar-refractivity contribution in [3.05, 3.63) is 51.2 Å². The van der Waals surface area contributed by atoms with E-state index in [1.165, 1.54) is 13.5 Å². The van der Waals surface area contributed by atoms with Crippen LogP contribution < -0.4 is 20.3 Å². The van der Waals surface area contributed by atoms with Crippen molar-refractivity contribution in [2.24, 2.45) is 0 Å². The van der Waals surface area contributed by atoms with Crippen LogP contribution in [0.25, 0.3) is 22.3 Å². The van der Waals surface area contributed by atoms with Crippen molar-refractivity contribution in [2.45, 2.75) is 38.1 Å². The zero-order chi connectivity index (χ0) is 21.8. The number of fused-ring (bicyclic) bond motifs is 1. The van der Waals surface area contributed by atoms with Gasteiger partial charge in [0.05, 0.1) is 18.0 Å². The normalized spacial score (nSPS) is 14.4. The summed E-state index contributed by atoms with van der Waals surface area (Å²) in [5, 5.41) is 3.56. The minimum atomic E-state index is -0.217. The fourth-order valence-corrected chi connectivity index (χ4v) is 4.37. The van der Waals surface area contributed by atoms with Crippen LogP contribution in [0.2, 0.25) is 0 Å². The van der Waals surface area contributed by atoms with E-state index < -0.39 is 0 Å². The summed E-state index contributed by atoms with van der Waals surface area (Å²) in [5.74, 6) is 1.14. The predicted molar refractivity (Wildman–Crippen MR) is 123 cm³/mol. The predicted octanol–water partition coefficient (Wildman–Crippen LogP) is 4.19. The van der Waals surface area contributed by atoms with E-state index in [1.807, 2.05) is 6.07 Å². The number of hydrogen-bond donors (Lipinski definition) is 2. The Morgan fingerprint density at radius 1 is 1.19 bits per heavy atom. The number of halogens is 1. The summed E-state index contributed by atoms with van der Waals surface area (Å²) < 4.78 is 11.9. The highest BCUT2D eigenvalue weighted by atomic mass is 79.9. The Bertz CT molecular complexity index is 1160. The topological polar surface area (TPSA) is 93.3 Å². The number of nitrogens with one attached hydrogen (secondary N) is 2. The van der Waals surface area contributed by atoms with Crippen LogP contribution in [-0.4, -0.2) is 35.6 Å². The van der Waals surface area contributed by atoms with E-state index in [1.54, 1.807) is 30.3 Å². The van der Waals surface area contributed by atoms with Crippen molar-refractivity contribution >= 4 is 32.7 Å². The minimum Gasteiger partial charge on any atom is -0.493 e. The molecule has 0 spiro atoms. The largest absolute Gasteiger partial charge is 0.493 e. The van der Waals surface area contributed by atoms with Crippen LogP contribution in [0.1, 0.15) is 32.1 Å². The van der Waals surface area contributed by atoms with Crippen molar-refractivity contribution in [3.8, 4) is 22.9 Å². The van der Waals surface area contributed by atoms with E-state index in [-0.39, 0.29) is 24.1 Å². The van der Waals surface area contributed by atoms with Crippen molar-refractivity contribution in [1.82, 2.24) is 15.3 Å². The van der Waals surface area contributed by atoms with Crippen LogP contribution in [0.3, 0.4) is 0 Å². The van der Waals surface area contributed by atoms with Gasteiger partial charge in [-0.05, 0) is 53.0 Å². The molecule has 4 rings (SSSR count). The standard InChI is InChI=1S/C23H24BrN3O4/c1-30-19-11-16(22-26-18-10-6-5-9-15(18)23(29)27-22)17(24)12-20(19)31-13-21(28)25-14-7-3-2-4-8-14/h5-6,9-12,14H,2-4,7-8,13H2,1H3,(H,25,28)(H,26,27,29). The molecule has 0 atom stereocenters. The van der Waals surface area contributed by atoms with E-state index in [9.17, 15) is 9.59 Å². The number of methoxy groups -OCH3 is 1. The van der Waals surface area contributed by atoms with Crippen molar-refractivity contribution in [3.63, 3.8) is 0 Å². The Morgan fingerprint density at radius 3 is 2.74 bits per heavy atom. The fraction of sp³-hybridized carbons (Fsp3) is 0.348. The lowest BCUT2D eigenvalue weighted by Gasteiger charge is -2.22. The molecule has 0 bridgehead atoms. The fourth-order valence-electron chi connectivity index (χ4n) is 3.86. The molecule has 0 radical (unpaired) electrons. The first kappa shape index (κ1) is 21.4. The molecule has 0 aliphatic heterocycles. The second kappa shape index (κ2) is 9.51. The average molecular weight is 486 g/mol. The summed E-state index contributed by atoms with van der Waals surface area (Å²) in [6, 6.07) is 10.8. The number of hydrogen-bond acceptors (Lipinski definition) is 5. The van der Waals surface area contributed by atoms with E-state index in [2.05, 4.69) is 31.2 Å². The summed E-state index contributed by atoms with van der Waals surface area (Å²) in [5.41, 5.74) is 1.04. The molecule has 162 valence electrons. The minimum absolute atomic E-state index is 0.0935. The second-order valence-electron chi connectivity index (χ2n) is 7.61. The van der Waals surface area contributed by atoms with Gasteiger partial charge in [0.1, 0.15) is 5.82 Å². The lowest BCUT2D eigenvalue weighted by atomic mass is 9.95. The van der Waals surface area contributed by atoms with Gasteiger partial charge in [0.2, 0.25) is 0 Å². The Balaban J connectivity index is 1.54. The Kier molecular flexibility index (Phi) is 6.56. The zero-order valence-electron chi connectivity index (χ0n) is 17.2. The monoisotopic (exact) mass is 485 g/mol. The molecular weight excluding hydrogens is 462 g/mol. The molecule has 31 heavy (non-hydrogen) atoms. The maximum atomic E-state index is 12.4. The summed E-state index contributed by atoms with van der Waals surface area (Å²) in [4.78, 5) is 32.1. The summed E-state index contributed by atoms with van der Waals surface area (Å²) >= 11 is 3.52. The Labute approximate surface area is 188 Å². The van der Waals surface area contributed by atoms with Crippen LogP contribution in [-0.2, 0) is 4.79 Å². The second-order valence-corrected chi connectivity index (χ2v) is 8.46. The molecular formula is C23H24BrN3O4. The van der Waals surface area contributed by atoms with Crippen molar-refractivity contribution < 1.29 is 14.3 Å². The summed E-state index contributed by atoms with van der Waals surface area (Å²) in [7, 11) is 1.53.